The number of nitrogens with two attached hydrogens (primary N) is 1. The van der Waals surface area contributed by atoms with Gasteiger partial charge in [0.2, 0.25) is 0 Å². The van der Waals surface area contributed by atoms with Crippen LogP contribution in [0.25, 0.3) is 11.3 Å². The van der Waals surface area contributed by atoms with Gasteiger partial charge in [-0.2, -0.15) is 0 Å². The molecule has 1 aromatic carbocycles. The monoisotopic (exact) mass is 284 g/mol. The molecule has 2 aromatic rings. The molecule has 0 spiro atoms. The van der Waals surface area contributed by atoms with E-state index in [0.717, 1.165) is 29.8 Å². The minimum Gasteiger partial charge on any atom is -0.497 e. The molecule has 2 N–H and O–H groups in total. The Kier molecular flexibility index (Phi) is 3.55. The second kappa shape index (κ2) is 5.37. The lowest BCUT2D eigenvalue weighted by molar-refractivity contribution is 0.415. The zero-order chi connectivity index (χ0) is 15.0. The minimum atomic E-state index is -0.243. The summed E-state index contributed by atoms with van der Waals surface area (Å²) in [5, 5.41) is 0. The van der Waals surface area contributed by atoms with E-state index in [1.807, 2.05) is 47.9 Å². The highest BCUT2D eigenvalue weighted by Crippen LogP contribution is 2.37. The van der Waals surface area contributed by atoms with Gasteiger partial charge in [0.15, 0.2) is 0 Å². The standard InChI is InChI=1S/C17H20N2O2/c1-11(18)15-9-10-16(19(17(15)20)13-5-6-13)12-3-7-14(21-2)8-4-12/h3-4,7-11,13H,5-6,18H2,1-2H3. The van der Waals surface area contributed by atoms with Crippen LogP contribution in [0.2, 0.25) is 0 Å². The number of aromatic nitrogens is 1. The van der Waals surface area contributed by atoms with Crippen molar-refractivity contribution in [1.29, 1.82) is 0 Å². The average molecular weight is 284 g/mol. The number of ether oxygens (including phenoxy) is 1. The molecular formula is C17H20N2O2. The van der Waals surface area contributed by atoms with Crippen LogP contribution in [-0.4, -0.2) is 11.7 Å². The maximum atomic E-state index is 12.7. The summed E-state index contributed by atoms with van der Waals surface area (Å²) in [4.78, 5) is 12.7. The Balaban J connectivity index is 2.13. The normalized spacial score (nSPS) is 15.8. The summed E-state index contributed by atoms with van der Waals surface area (Å²) >= 11 is 0. The second-order valence-corrected chi connectivity index (χ2v) is 5.60. The first-order chi connectivity index (χ1) is 10.1. The Labute approximate surface area is 124 Å². The average Bonchev–Trinajstić information content (AvgIpc) is 3.31. The van der Waals surface area contributed by atoms with Crippen molar-refractivity contribution in [2.75, 3.05) is 7.11 Å². The van der Waals surface area contributed by atoms with Crippen molar-refractivity contribution in [2.45, 2.75) is 31.8 Å². The summed E-state index contributed by atoms with van der Waals surface area (Å²) < 4.78 is 7.09. The number of hydrogen-bond donors (Lipinski definition) is 1. The molecule has 1 aliphatic rings. The third-order valence-corrected chi connectivity index (χ3v) is 3.93. The van der Waals surface area contributed by atoms with Gasteiger partial charge in [0.25, 0.3) is 5.56 Å². The number of benzene rings is 1. The van der Waals surface area contributed by atoms with E-state index < -0.39 is 0 Å². The number of hydrogen-bond acceptors (Lipinski definition) is 3. The molecule has 1 aromatic heterocycles. The minimum absolute atomic E-state index is 0.0424. The van der Waals surface area contributed by atoms with Gasteiger partial charge in [-0.05, 0) is 61.7 Å². The fourth-order valence-electron chi connectivity index (χ4n) is 2.61. The van der Waals surface area contributed by atoms with E-state index in [1.165, 1.54) is 0 Å². The zero-order valence-electron chi connectivity index (χ0n) is 12.4. The third kappa shape index (κ3) is 2.59. The number of methoxy groups -OCH3 is 1. The molecule has 0 saturated heterocycles. The van der Waals surface area contributed by atoms with Crippen molar-refractivity contribution in [3.63, 3.8) is 0 Å². The topological polar surface area (TPSA) is 57.2 Å². The molecule has 0 bridgehead atoms. The van der Waals surface area contributed by atoms with Crippen LogP contribution in [0, 0.1) is 0 Å². The van der Waals surface area contributed by atoms with Gasteiger partial charge in [0.05, 0.1) is 12.8 Å². The van der Waals surface area contributed by atoms with E-state index in [9.17, 15) is 4.79 Å². The second-order valence-electron chi connectivity index (χ2n) is 5.60. The van der Waals surface area contributed by atoms with Crippen LogP contribution in [0.1, 0.15) is 37.4 Å². The van der Waals surface area contributed by atoms with Crippen LogP contribution in [0.3, 0.4) is 0 Å². The molecule has 1 heterocycles. The Morgan fingerprint density at radius 3 is 2.38 bits per heavy atom. The van der Waals surface area contributed by atoms with Gasteiger partial charge in [0.1, 0.15) is 5.75 Å². The maximum Gasteiger partial charge on any atom is 0.256 e. The van der Waals surface area contributed by atoms with Crippen molar-refractivity contribution >= 4 is 0 Å². The molecule has 4 heteroatoms. The molecule has 0 amide bonds. The predicted octanol–water partition coefficient (Wildman–Crippen LogP) is 2.88. The Bertz CT molecular complexity index is 698. The lowest BCUT2D eigenvalue weighted by Crippen LogP contribution is -2.27. The molecule has 1 unspecified atom stereocenters. The van der Waals surface area contributed by atoms with E-state index in [4.69, 9.17) is 10.5 Å². The number of pyridine rings is 1. The van der Waals surface area contributed by atoms with Crippen LogP contribution in [0.5, 0.6) is 5.75 Å². The van der Waals surface area contributed by atoms with Crippen molar-refractivity contribution in [3.05, 3.63) is 52.3 Å². The quantitative estimate of drug-likeness (QED) is 0.939. The van der Waals surface area contributed by atoms with Crippen molar-refractivity contribution in [1.82, 2.24) is 4.57 Å². The first kappa shape index (κ1) is 13.9. The maximum absolute atomic E-state index is 12.7. The first-order valence-corrected chi connectivity index (χ1v) is 7.27. The molecule has 1 aliphatic carbocycles. The zero-order valence-corrected chi connectivity index (χ0v) is 12.4. The molecule has 4 nitrogen and oxygen atoms in total. The van der Waals surface area contributed by atoms with Gasteiger partial charge in [-0.15, -0.1) is 0 Å². The van der Waals surface area contributed by atoms with Gasteiger partial charge in [0, 0.05) is 17.6 Å². The summed E-state index contributed by atoms with van der Waals surface area (Å²) in [6.07, 6.45) is 2.12. The van der Waals surface area contributed by atoms with Crippen molar-refractivity contribution < 1.29 is 4.74 Å². The van der Waals surface area contributed by atoms with E-state index in [2.05, 4.69) is 0 Å². The van der Waals surface area contributed by atoms with Gasteiger partial charge in [-0.1, -0.05) is 0 Å². The lowest BCUT2D eigenvalue weighted by Gasteiger charge is -2.16. The molecule has 0 radical (unpaired) electrons. The summed E-state index contributed by atoms with van der Waals surface area (Å²) in [6.45, 7) is 1.85. The summed E-state index contributed by atoms with van der Waals surface area (Å²) in [7, 11) is 1.65. The van der Waals surface area contributed by atoms with Gasteiger partial charge >= 0.3 is 0 Å². The van der Waals surface area contributed by atoms with E-state index in [0.29, 0.717) is 11.6 Å². The van der Waals surface area contributed by atoms with Crippen LogP contribution in [-0.2, 0) is 0 Å². The number of rotatable bonds is 4. The van der Waals surface area contributed by atoms with Crippen molar-refractivity contribution in [2.24, 2.45) is 5.73 Å². The lowest BCUT2D eigenvalue weighted by atomic mass is 10.1. The number of nitrogens with zero attached hydrogens (tertiary/aromatic N) is 1. The van der Waals surface area contributed by atoms with Crippen molar-refractivity contribution in [3.8, 4) is 17.0 Å². The molecule has 1 fully saturated rings. The summed E-state index contributed by atoms with van der Waals surface area (Å²) in [6, 6.07) is 11.7. The fourth-order valence-corrected chi connectivity index (χ4v) is 2.61. The summed E-state index contributed by atoms with van der Waals surface area (Å²) in [5.74, 6) is 0.811. The molecule has 21 heavy (non-hydrogen) atoms. The summed E-state index contributed by atoms with van der Waals surface area (Å²) in [5.41, 5.74) is 8.60. The van der Waals surface area contributed by atoms with E-state index in [-0.39, 0.29) is 11.6 Å². The van der Waals surface area contributed by atoms with E-state index in [1.54, 1.807) is 7.11 Å². The smallest absolute Gasteiger partial charge is 0.256 e. The molecule has 3 rings (SSSR count). The van der Waals surface area contributed by atoms with E-state index >= 15 is 0 Å². The van der Waals surface area contributed by atoms with Crippen LogP contribution in [0.15, 0.2) is 41.2 Å². The fraction of sp³-hybridized carbons (Fsp3) is 0.353. The third-order valence-electron chi connectivity index (χ3n) is 3.93. The molecule has 110 valence electrons. The predicted molar refractivity (Wildman–Crippen MR) is 83.6 cm³/mol. The van der Waals surface area contributed by atoms with Gasteiger partial charge in [-0.25, -0.2) is 0 Å². The molecule has 1 atom stereocenters. The van der Waals surface area contributed by atoms with Gasteiger partial charge in [-0.3, -0.25) is 4.79 Å². The van der Waals surface area contributed by atoms with Crippen LogP contribution in [0.4, 0.5) is 0 Å². The Morgan fingerprint density at radius 2 is 1.86 bits per heavy atom. The highest BCUT2D eigenvalue weighted by Gasteiger charge is 2.28. The molecule has 0 aliphatic heterocycles. The highest BCUT2D eigenvalue weighted by atomic mass is 16.5. The Morgan fingerprint density at radius 1 is 1.19 bits per heavy atom. The first-order valence-electron chi connectivity index (χ1n) is 7.27. The van der Waals surface area contributed by atoms with Gasteiger partial charge < -0.3 is 15.0 Å². The largest absolute Gasteiger partial charge is 0.497 e. The Hall–Kier alpha value is -2.07. The van der Waals surface area contributed by atoms with Crippen LogP contribution < -0.4 is 16.0 Å². The molecule has 1 saturated carbocycles. The highest BCUT2D eigenvalue weighted by molar-refractivity contribution is 5.61. The SMILES string of the molecule is COc1ccc(-c2ccc(C(C)N)c(=O)n2C2CC2)cc1. The van der Waals surface area contributed by atoms with Crippen LogP contribution >= 0.6 is 0 Å². The molecular weight excluding hydrogens is 264 g/mol.